The van der Waals surface area contributed by atoms with Crippen LogP contribution in [-0.4, -0.2) is 60.5 Å². The van der Waals surface area contributed by atoms with E-state index in [2.05, 4.69) is 18.7 Å². The standard InChI is InChI=1S/C18H32N2O3/c1-14(2)6-4-11-19-13-10-15(8-9-17(19)21)20-12-5-7-16(20)18(22)23-3/h14-16H,4-13H2,1-3H3/t15-,16+/m1/s1. The lowest BCUT2D eigenvalue weighted by Gasteiger charge is -2.31. The van der Waals surface area contributed by atoms with Crippen molar-refractivity contribution in [3.8, 4) is 0 Å². The van der Waals surface area contributed by atoms with Crippen LogP contribution in [0.4, 0.5) is 0 Å². The molecule has 0 bridgehead atoms. The zero-order valence-corrected chi connectivity index (χ0v) is 14.9. The number of hydrogen-bond donors (Lipinski definition) is 0. The summed E-state index contributed by atoms with van der Waals surface area (Å²) in [6.45, 7) is 7.10. The third kappa shape index (κ3) is 4.93. The molecular formula is C18H32N2O3. The van der Waals surface area contributed by atoms with E-state index < -0.39 is 0 Å². The lowest BCUT2D eigenvalue weighted by molar-refractivity contribution is -0.146. The van der Waals surface area contributed by atoms with Gasteiger partial charge in [0.1, 0.15) is 6.04 Å². The molecular weight excluding hydrogens is 292 g/mol. The summed E-state index contributed by atoms with van der Waals surface area (Å²) >= 11 is 0. The van der Waals surface area contributed by atoms with Gasteiger partial charge >= 0.3 is 5.97 Å². The van der Waals surface area contributed by atoms with Crippen LogP contribution < -0.4 is 0 Å². The average Bonchev–Trinajstić information content (AvgIpc) is 2.94. The third-order valence-corrected chi connectivity index (χ3v) is 5.22. The van der Waals surface area contributed by atoms with Crippen molar-refractivity contribution in [3.05, 3.63) is 0 Å². The van der Waals surface area contributed by atoms with Crippen molar-refractivity contribution in [2.45, 2.75) is 70.9 Å². The van der Waals surface area contributed by atoms with Gasteiger partial charge in [-0.25, -0.2) is 0 Å². The van der Waals surface area contributed by atoms with Crippen molar-refractivity contribution >= 4 is 11.9 Å². The van der Waals surface area contributed by atoms with Gasteiger partial charge in [-0.15, -0.1) is 0 Å². The van der Waals surface area contributed by atoms with E-state index in [1.165, 1.54) is 13.5 Å². The number of hydrogen-bond acceptors (Lipinski definition) is 4. The third-order valence-electron chi connectivity index (χ3n) is 5.22. The Balaban J connectivity index is 1.89. The fourth-order valence-electron chi connectivity index (χ4n) is 3.90. The summed E-state index contributed by atoms with van der Waals surface area (Å²) in [5, 5.41) is 0. The molecule has 0 spiro atoms. The molecule has 0 aromatic rings. The zero-order valence-electron chi connectivity index (χ0n) is 14.9. The Kier molecular flexibility index (Phi) is 6.88. The van der Waals surface area contributed by atoms with Crippen molar-refractivity contribution in [2.75, 3.05) is 26.7 Å². The first-order valence-corrected chi connectivity index (χ1v) is 9.14. The summed E-state index contributed by atoms with van der Waals surface area (Å²) in [4.78, 5) is 28.6. The van der Waals surface area contributed by atoms with Crippen molar-refractivity contribution in [2.24, 2.45) is 5.92 Å². The molecule has 2 heterocycles. The maximum Gasteiger partial charge on any atom is 0.323 e. The Bertz CT molecular complexity index is 411. The van der Waals surface area contributed by atoms with Crippen molar-refractivity contribution < 1.29 is 14.3 Å². The number of carbonyl (C=O) groups is 2. The highest BCUT2D eigenvalue weighted by Gasteiger charge is 2.37. The Hall–Kier alpha value is -1.10. The predicted molar refractivity (Wildman–Crippen MR) is 90.0 cm³/mol. The summed E-state index contributed by atoms with van der Waals surface area (Å²) in [5.41, 5.74) is 0. The maximum atomic E-state index is 12.3. The van der Waals surface area contributed by atoms with Gasteiger partial charge in [-0.1, -0.05) is 13.8 Å². The van der Waals surface area contributed by atoms with Crippen LogP contribution in [0.5, 0.6) is 0 Å². The number of rotatable bonds is 6. The Morgan fingerprint density at radius 2 is 2.04 bits per heavy atom. The second kappa shape index (κ2) is 8.67. The van der Waals surface area contributed by atoms with E-state index in [1.54, 1.807) is 0 Å². The minimum Gasteiger partial charge on any atom is -0.468 e. The van der Waals surface area contributed by atoms with Gasteiger partial charge < -0.3 is 9.64 Å². The van der Waals surface area contributed by atoms with Gasteiger partial charge in [0.25, 0.3) is 0 Å². The molecule has 0 N–H and O–H groups in total. The minimum absolute atomic E-state index is 0.104. The fourth-order valence-corrected chi connectivity index (χ4v) is 3.90. The fraction of sp³-hybridized carbons (Fsp3) is 0.889. The second-order valence-electron chi connectivity index (χ2n) is 7.32. The molecule has 1 amide bonds. The molecule has 5 heteroatoms. The van der Waals surface area contributed by atoms with E-state index in [0.29, 0.717) is 18.4 Å². The lowest BCUT2D eigenvalue weighted by atomic mass is 10.1. The minimum atomic E-state index is -0.119. The van der Waals surface area contributed by atoms with E-state index >= 15 is 0 Å². The van der Waals surface area contributed by atoms with Crippen LogP contribution in [0.15, 0.2) is 0 Å². The number of amides is 1. The molecule has 2 rings (SSSR count). The van der Waals surface area contributed by atoms with Gasteiger partial charge in [-0.2, -0.15) is 0 Å². The number of ether oxygens (including phenoxy) is 1. The van der Waals surface area contributed by atoms with Crippen LogP contribution in [0.1, 0.15) is 58.8 Å². The quantitative estimate of drug-likeness (QED) is 0.704. The monoisotopic (exact) mass is 324 g/mol. The van der Waals surface area contributed by atoms with Crippen molar-refractivity contribution in [1.82, 2.24) is 9.80 Å². The number of likely N-dealkylation sites (tertiary alicyclic amines) is 2. The molecule has 2 saturated heterocycles. The van der Waals surface area contributed by atoms with Gasteiger partial charge in [0.05, 0.1) is 7.11 Å². The number of esters is 1. The van der Waals surface area contributed by atoms with Crippen LogP contribution in [0.25, 0.3) is 0 Å². The summed E-state index contributed by atoms with van der Waals surface area (Å²) < 4.78 is 4.95. The highest BCUT2D eigenvalue weighted by molar-refractivity contribution is 5.77. The SMILES string of the molecule is COC(=O)[C@@H]1CCCN1[C@@H]1CCC(=O)N(CCCC(C)C)CC1. The number of carbonyl (C=O) groups excluding carboxylic acids is 2. The molecule has 0 saturated carbocycles. The molecule has 0 radical (unpaired) electrons. The summed E-state index contributed by atoms with van der Waals surface area (Å²) in [7, 11) is 1.46. The lowest BCUT2D eigenvalue weighted by Crippen LogP contribution is -2.44. The highest BCUT2D eigenvalue weighted by atomic mass is 16.5. The highest BCUT2D eigenvalue weighted by Crippen LogP contribution is 2.27. The van der Waals surface area contributed by atoms with Crippen LogP contribution in [0, 0.1) is 5.92 Å². The molecule has 2 aliphatic rings. The maximum absolute atomic E-state index is 12.3. The van der Waals surface area contributed by atoms with Gasteiger partial charge in [-0.3, -0.25) is 14.5 Å². The van der Waals surface area contributed by atoms with Crippen LogP contribution in [-0.2, 0) is 14.3 Å². The van der Waals surface area contributed by atoms with Gasteiger partial charge in [0.2, 0.25) is 5.91 Å². The van der Waals surface area contributed by atoms with E-state index in [0.717, 1.165) is 51.7 Å². The van der Waals surface area contributed by atoms with E-state index in [4.69, 9.17) is 4.74 Å². The largest absolute Gasteiger partial charge is 0.468 e. The summed E-state index contributed by atoms with van der Waals surface area (Å²) in [6.07, 6.45) is 6.63. The molecule has 23 heavy (non-hydrogen) atoms. The number of nitrogens with zero attached hydrogens (tertiary/aromatic N) is 2. The topological polar surface area (TPSA) is 49.9 Å². The molecule has 2 fully saturated rings. The summed E-state index contributed by atoms with van der Waals surface area (Å²) in [5.74, 6) is 0.854. The first kappa shape index (κ1) is 18.2. The van der Waals surface area contributed by atoms with Crippen molar-refractivity contribution in [1.29, 1.82) is 0 Å². The molecule has 2 aliphatic heterocycles. The van der Waals surface area contributed by atoms with Crippen LogP contribution in [0.3, 0.4) is 0 Å². The molecule has 2 atom stereocenters. The molecule has 5 nitrogen and oxygen atoms in total. The smallest absolute Gasteiger partial charge is 0.323 e. The summed E-state index contributed by atoms with van der Waals surface area (Å²) in [6, 6.07) is 0.230. The van der Waals surface area contributed by atoms with Gasteiger partial charge in [-0.05, 0) is 51.0 Å². The van der Waals surface area contributed by atoms with E-state index in [9.17, 15) is 9.59 Å². The number of methoxy groups -OCH3 is 1. The van der Waals surface area contributed by atoms with Gasteiger partial charge in [0.15, 0.2) is 0 Å². The normalized spacial score (nSPS) is 26.6. The average molecular weight is 324 g/mol. The van der Waals surface area contributed by atoms with E-state index in [-0.39, 0.29) is 17.9 Å². The predicted octanol–water partition coefficient (Wildman–Crippen LogP) is 2.44. The van der Waals surface area contributed by atoms with Gasteiger partial charge in [0, 0.05) is 25.6 Å². The second-order valence-corrected chi connectivity index (χ2v) is 7.32. The Labute approximate surface area is 140 Å². The Morgan fingerprint density at radius 3 is 2.74 bits per heavy atom. The first-order valence-electron chi connectivity index (χ1n) is 9.14. The Morgan fingerprint density at radius 1 is 1.26 bits per heavy atom. The van der Waals surface area contributed by atoms with Crippen LogP contribution >= 0.6 is 0 Å². The molecule has 0 aliphatic carbocycles. The zero-order chi connectivity index (χ0) is 16.8. The molecule has 132 valence electrons. The molecule has 0 unspecified atom stereocenters. The van der Waals surface area contributed by atoms with Crippen molar-refractivity contribution in [3.63, 3.8) is 0 Å². The van der Waals surface area contributed by atoms with Crippen LogP contribution in [0.2, 0.25) is 0 Å². The molecule has 0 aromatic heterocycles. The molecule has 0 aromatic carbocycles. The first-order chi connectivity index (χ1) is 11.0. The van der Waals surface area contributed by atoms with E-state index in [1.807, 2.05) is 4.90 Å².